The van der Waals surface area contributed by atoms with Crippen LogP contribution in [-0.2, 0) is 0 Å². The number of nitrogens with one attached hydrogen (secondary N) is 1. The normalized spacial score (nSPS) is 10.5. The summed E-state index contributed by atoms with van der Waals surface area (Å²) in [5.74, 6) is -1.68. The summed E-state index contributed by atoms with van der Waals surface area (Å²) in [7, 11) is 0. The second-order valence-corrected chi connectivity index (χ2v) is 5.58. The molecule has 0 aliphatic rings. The zero-order valence-electron chi connectivity index (χ0n) is 10.8. The molecule has 0 fully saturated rings. The maximum Gasteiger partial charge on any atom is 0.150 e. The molecule has 0 radical (unpaired) electrons. The molecular weight excluding hydrogens is 337 g/mol. The van der Waals surface area contributed by atoms with Gasteiger partial charge in [-0.3, -0.25) is 0 Å². The molecule has 0 aliphatic carbocycles. The highest BCUT2D eigenvalue weighted by atomic mass is 35.5. The second kappa shape index (κ2) is 6.13. The number of benzene rings is 2. The first-order valence-electron chi connectivity index (χ1n) is 5.81. The van der Waals surface area contributed by atoms with Crippen molar-refractivity contribution in [2.24, 2.45) is 5.73 Å². The van der Waals surface area contributed by atoms with Crippen LogP contribution in [0.25, 0.3) is 0 Å². The van der Waals surface area contributed by atoms with E-state index in [9.17, 15) is 8.78 Å². The zero-order chi connectivity index (χ0) is 15.7. The molecule has 2 nitrogen and oxygen atoms in total. The van der Waals surface area contributed by atoms with Gasteiger partial charge in [0.25, 0.3) is 0 Å². The van der Waals surface area contributed by atoms with E-state index in [-0.39, 0.29) is 26.9 Å². The monoisotopic (exact) mass is 346 g/mol. The van der Waals surface area contributed by atoms with E-state index in [4.69, 9.17) is 41.2 Å². The van der Waals surface area contributed by atoms with Gasteiger partial charge >= 0.3 is 0 Å². The summed E-state index contributed by atoms with van der Waals surface area (Å²) in [6.45, 7) is 1.76. The van der Waals surface area contributed by atoms with Crippen LogP contribution in [0.15, 0.2) is 24.3 Å². The van der Waals surface area contributed by atoms with Crippen LogP contribution in [0.2, 0.25) is 10.0 Å². The molecule has 2 aromatic carbocycles. The highest BCUT2D eigenvalue weighted by Crippen LogP contribution is 2.36. The van der Waals surface area contributed by atoms with Gasteiger partial charge in [0.15, 0.2) is 0 Å². The van der Waals surface area contributed by atoms with Gasteiger partial charge in [-0.2, -0.15) is 0 Å². The van der Waals surface area contributed by atoms with Crippen molar-refractivity contribution in [2.45, 2.75) is 6.92 Å². The van der Waals surface area contributed by atoms with Gasteiger partial charge < -0.3 is 11.1 Å². The fraction of sp³-hybridized carbons (Fsp3) is 0.0714. The SMILES string of the molecule is Cc1ccc(Cl)c(Nc2c(F)cc(C(N)=S)cc2F)c1Cl. The molecule has 0 unspecified atom stereocenters. The van der Waals surface area contributed by atoms with E-state index in [1.54, 1.807) is 19.1 Å². The molecule has 0 saturated carbocycles. The van der Waals surface area contributed by atoms with E-state index in [0.29, 0.717) is 5.02 Å². The van der Waals surface area contributed by atoms with Gasteiger partial charge in [-0.1, -0.05) is 41.5 Å². The smallest absolute Gasteiger partial charge is 0.150 e. The third kappa shape index (κ3) is 3.26. The van der Waals surface area contributed by atoms with Crippen LogP contribution >= 0.6 is 35.4 Å². The summed E-state index contributed by atoms with van der Waals surface area (Å²) in [6.07, 6.45) is 0. The highest BCUT2D eigenvalue weighted by molar-refractivity contribution is 7.80. The Hall–Kier alpha value is -1.43. The number of thiocarbonyl (C=S) groups is 1. The van der Waals surface area contributed by atoms with Crippen molar-refractivity contribution in [2.75, 3.05) is 5.32 Å². The molecular formula is C14H10Cl2F2N2S. The minimum atomic E-state index is -0.841. The number of aryl methyl sites for hydroxylation is 1. The quantitative estimate of drug-likeness (QED) is 0.771. The molecule has 0 aromatic heterocycles. The zero-order valence-corrected chi connectivity index (χ0v) is 13.1. The van der Waals surface area contributed by atoms with Crippen molar-refractivity contribution in [3.63, 3.8) is 0 Å². The van der Waals surface area contributed by atoms with Gasteiger partial charge in [0.05, 0.1) is 15.7 Å². The summed E-state index contributed by atoms with van der Waals surface area (Å²) in [6, 6.07) is 5.39. The van der Waals surface area contributed by atoms with Crippen molar-refractivity contribution in [3.8, 4) is 0 Å². The number of halogens is 4. The first-order chi connectivity index (χ1) is 9.81. The summed E-state index contributed by atoms with van der Waals surface area (Å²) >= 11 is 16.8. The first-order valence-corrected chi connectivity index (χ1v) is 6.98. The Kier molecular flexibility index (Phi) is 4.66. The molecule has 21 heavy (non-hydrogen) atoms. The third-order valence-electron chi connectivity index (χ3n) is 2.86. The number of hydrogen-bond donors (Lipinski definition) is 2. The highest BCUT2D eigenvalue weighted by Gasteiger charge is 2.16. The largest absolute Gasteiger partial charge is 0.389 e. The minimum absolute atomic E-state index is 0.0917. The molecule has 0 spiro atoms. The van der Waals surface area contributed by atoms with E-state index in [2.05, 4.69) is 5.32 Å². The average Bonchev–Trinajstić information content (AvgIpc) is 2.41. The third-order valence-corrected chi connectivity index (χ3v) is 3.90. The Labute approximate surface area is 135 Å². The predicted molar refractivity (Wildman–Crippen MR) is 86.7 cm³/mol. The van der Waals surface area contributed by atoms with Crippen molar-refractivity contribution in [1.29, 1.82) is 0 Å². The van der Waals surface area contributed by atoms with Crippen molar-refractivity contribution >= 4 is 51.8 Å². The van der Waals surface area contributed by atoms with E-state index < -0.39 is 11.6 Å². The van der Waals surface area contributed by atoms with Crippen molar-refractivity contribution in [1.82, 2.24) is 0 Å². The van der Waals surface area contributed by atoms with Crippen LogP contribution < -0.4 is 11.1 Å². The molecule has 0 aliphatic heterocycles. The van der Waals surface area contributed by atoms with Crippen LogP contribution in [0.1, 0.15) is 11.1 Å². The molecule has 0 heterocycles. The Bertz CT molecular complexity index is 712. The Morgan fingerprint density at radius 2 is 1.71 bits per heavy atom. The van der Waals surface area contributed by atoms with Gasteiger partial charge in [0.2, 0.25) is 0 Å². The van der Waals surface area contributed by atoms with Crippen LogP contribution in [0, 0.1) is 18.6 Å². The van der Waals surface area contributed by atoms with Crippen LogP contribution in [0.3, 0.4) is 0 Å². The molecule has 0 bridgehead atoms. The van der Waals surface area contributed by atoms with Gasteiger partial charge in [-0.25, -0.2) is 8.78 Å². The van der Waals surface area contributed by atoms with Crippen molar-refractivity contribution < 1.29 is 8.78 Å². The Morgan fingerprint density at radius 3 is 2.24 bits per heavy atom. The topological polar surface area (TPSA) is 38.0 Å². The molecule has 2 aromatic rings. The van der Waals surface area contributed by atoms with Gasteiger partial charge in [0.1, 0.15) is 22.3 Å². The fourth-order valence-electron chi connectivity index (χ4n) is 1.73. The van der Waals surface area contributed by atoms with E-state index in [1.807, 2.05) is 0 Å². The first kappa shape index (κ1) is 15.9. The molecule has 2 rings (SSSR count). The molecule has 7 heteroatoms. The van der Waals surface area contributed by atoms with Crippen LogP contribution in [-0.4, -0.2) is 4.99 Å². The van der Waals surface area contributed by atoms with Crippen LogP contribution in [0.4, 0.5) is 20.2 Å². The molecule has 110 valence electrons. The molecule has 0 atom stereocenters. The minimum Gasteiger partial charge on any atom is -0.389 e. The lowest BCUT2D eigenvalue weighted by molar-refractivity contribution is 0.590. The second-order valence-electron chi connectivity index (χ2n) is 4.36. The maximum atomic E-state index is 14.0. The number of anilines is 2. The Balaban J connectivity index is 2.51. The lowest BCUT2D eigenvalue weighted by atomic mass is 10.1. The number of rotatable bonds is 3. The van der Waals surface area contributed by atoms with Crippen molar-refractivity contribution in [3.05, 3.63) is 57.1 Å². The maximum absolute atomic E-state index is 14.0. The Morgan fingerprint density at radius 1 is 1.14 bits per heavy atom. The van der Waals surface area contributed by atoms with E-state index >= 15 is 0 Å². The average molecular weight is 347 g/mol. The molecule has 0 saturated heterocycles. The molecule has 0 amide bonds. The number of nitrogens with two attached hydrogens (primary N) is 1. The number of hydrogen-bond acceptors (Lipinski definition) is 2. The summed E-state index contributed by atoms with van der Waals surface area (Å²) < 4.78 is 28.0. The molecule has 3 N–H and O–H groups in total. The summed E-state index contributed by atoms with van der Waals surface area (Å²) in [5.41, 5.74) is 6.05. The van der Waals surface area contributed by atoms with Crippen LogP contribution in [0.5, 0.6) is 0 Å². The van der Waals surface area contributed by atoms with Gasteiger partial charge in [-0.05, 0) is 30.7 Å². The summed E-state index contributed by atoms with van der Waals surface area (Å²) in [4.78, 5) is -0.0917. The van der Waals surface area contributed by atoms with E-state index in [1.165, 1.54) is 0 Å². The van der Waals surface area contributed by atoms with E-state index in [0.717, 1.165) is 17.7 Å². The lowest BCUT2D eigenvalue weighted by Gasteiger charge is -2.14. The van der Waals surface area contributed by atoms with Gasteiger partial charge in [-0.15, -0.1) is 0 Å². The predicted octanol–water partition coefficient (Wildman–Crippen LogP) is 4.96. The standard InChI is InChI=1S/C14H10Cl2F2N2S/c1-6-2-3-8(15)12(11(6)16)20-13-9(17)4-7(14(19)21)5-10(13)18/h2-5,20H,1H3,(H2,19,21). The van der Waals surface area contributed by atoms with Gasteiger partial charge in [0, 0.05) is 5.56 Å². The lowest BCUT2D eigenvalue weighted by Crippen LogP contribution is -2.11. The summed E-state index contributed by atoms with van der Waals surface area (Å²) in [5, 5.41) is 3.13. The fourth-order valence-corrected chi connectivity index (χ4v) is 2.31.